The topological polar surface area (TPSA) is 24.4 Å². The summed E-state index contributed by atoms with van der Waals surface area (Å²) in [6, 6.07) is 10.7. The van der Waals surface area contributed by atoms with Crippen molar-refractivity contribution in [2.75, 3.05) is 5.43 Å². The largest absolute Gasteiger partial charge is 0.277 e. The fourth-order valence-electron chi connectivity index (χ4n) is 1.60. The van der Waals surface area contributed by atoms with Gasteiger partial charge < -0.3 is 0 Å². The predicted molar refractivity (Wildman–Crippen MR) is 73.6 cm³/mol. The molecule has 0 spiro atoms. The van der Waals surface area contributed by atoms with Gasteiger partial charge in [0.15, 0.2) is 0 Å². The molecule has 0 unspecified atom stereocenters. The molecule has 2 nitrogen and oxygen atoms in total. The zero-order chi connectivity index (χ0) is 13.8. The van der Waals surface area contributed by atoms with Crippen LogP contribution in [-0.4, -0.2) is 5.71 Å². The number of hydrogen-bond donors (Lipinski definition) is 1. The van der Waals surface area contributed by atoms with Crippen molar-refractivity contribution in [2.24, 2.45) is 5.10 Å². The number of nitrogens with one attached hydrogen (secondary N) is 1. The van der Waals surface area contributed by atoms with E-state index in [1.165, 1.54) is 25.1 Å². The van der Waals surface area contributed by atoms with Crippen LogP contribution in [0.1, 0.15) is 12.5 Å². The van der Waals surface area contributed by atoms with Crippen molar-refractivity contribution in [2.45, 2.75) is 6.92 Å². The van der Waals surface area contributed by atoms with Crippen LogP contribution in [0.15, 0.2) is 47.6 Å². The van der Waals surface area contributed by atoms with E-state index in [1.54, 1.807) is 24.3 Å². The molecule has 0 aromatic heterocycles. The molecule has 0 saturated carbocycles. The molecule has 0 aliphatic carbocycles. The number of hydrogen-bond acceptors (Lipinski definition) is 2. The predicted octanol–water partition coefficient (Wildman–Crippen LogP) is 4.45. The second-order valence-electron chi connectivity index (χ2n) is 3.89. The Morgan fingerprint density at radius 3 is 2.32 bits per heavy atom. The lowest BCUT2D eigenvalue weighted by molar-refractivity contribution is 0.579. The first-order valence-corrected chi connectivity index (χ1v) is 5.96. The second-order valence-corrected chi connectivity index (χ2v) is 4.29. The maximum absolute atomic E-state index is 13.5. The van der Waals surface area contributed by atoms with Crippen LogP contribution in [0.2, 0.25) is 5.02 Å². The van der Waals surface area contributed by atoms with E-state index in [0.717, 1.165) is 0 Å². The molecule has 98 valence electrons. The minimum absolute atomic E-state index is 0.151. The van der Waals surface area contributed by atoms with Gasteiger partial charge in [0, 0.05) is 0 Å². The van der Waals surface area contributed by atoms with Gasteiger partial charge in [0.1, 0.15) is 11.6 Å². The van der Waals surface area contributed by atoms with Gasteiger partial charge in [0.2, 0.25) is 0 Å². The number of rotatable bonds is 3. The normalized spacial score (nSPS) is 11.5. The summed E-state index contributed by atoms with van der Waals surface area (Å²) in [4.78, 5) is 0. The van der Waals surface area contributed by atoms with Gasteiger partial charge >= 0.3 is 0 Å². The number of anilines is 1. The van der Waals surface area contributed by atoms with Gasteiger partial charge in [-0.15, -0.1) is 0 Å². The highest BCUT2D eigenvalue weighted by Crippen LogP contribution is 2.21. The molecule has 19 heavy (non-hydrogen) atoms. The Morgan fingerprint density at radius 2 is 1.68 bits per heavy atom. The monoisotopic (exact) mass is 280 g/mol. The first-order chi connectivity index (χ1) is 9.09. The molecule has 0 aliphatic rings. The molecule has 0 amide bonds. The lowest BCUT2D eigenvalue weighted by Crippen LogP contribution is -2.05. The van der Waals surface area contributed by atoms with Crippen molar-refractivity contribution < 1.29 is 8.78 Å². The van der Waals surface area contributed by atoms with Gasteiger partial charge in [-0.2, -0.15) is 5.10 Å². The van der Waals surface area contributed by atoms with E-state index in [4.69, 9.17) is 11.6 Å². The lowest BCUT2D eigenvalue weighted by atomic mass is 10.1. The molecule has 0 radical (unpaired) electrons. The van der Waals surface area contributed by atoms with Gasteiger partial charge in [0.05, 0.1) is 22.0 Å². The van der Waals surface area contributed by atoms with Gasteiger partial charge in [0.25, 0.3) is 0 Å². The molecule has 0 saturated heterocycles. The quantitative estimate of drug-likeness (QED) is 0.652. The number of nitrogens with zero attached hydrogens (tertiary/aromatic N) is 1. The van der Waals surface area contributed by atoms with Crippen LogP contribution in [0.25, 0.3) is 0 Å². The van der Waals surface area contributed by atoms with Crippen LogP contribution in [0.3, 0.4) is 0 Å². The maximum Gasteiger partial charge on any atom is 0.135 e. The fourth-order valence-corrected chi connectivity index (χ4v) is 1.77. The zero-order valence-electron chi connectivity index (χ0n) is 10.1. The van der Waals surface area contributed by atoms with E-state index in [2.05, 4.69) is 10.5 Å². The average Bonchev–Trinajstić information content (AvgIpc) is 2.37. The molecule has 0 atom stereocenters. The van der Waals surface area contributed by atoms with Crippen molar-refractivity contribution in [3.05, 3.63) is 64.7 Å². The molecular weight excluding hydrogens is 270 g/mol. The third-order valence-electron chi connectivity index (χ3n) is 2.54. The molecule has 2 rings (SSSR count). The number of hydrazone groups is 1. The Kier molecular flexibility index (Phi) is 4.12. The van der Waals surface area contributed by atoms with Crippen LogP contribution in [0.5, 0.6) is 0 Å². The lowest BCUT2D eigenvalue weighted by Gasteiger charge is -2.06. The zero-order valence-corrected chi connectivity index (χ0v) is 10.9. The summed E-state index contributed by atoms with van der Waals surface area (Å²) in [5.41, 5.74) is 3.31. The minimum Gasteiger partial charge on any atom is -0.277 e. The Labute approximate surface area is 114 Å². The minimum atomic E-state index is -0.651. The summed E-state index contributed by atoms with van der Waals surface area (Å²) in [5.74, 6) is -1.30. The van der Waals surface area contributed by atoms with Crippen molar-refractivity contribution in [1.29, 1.82) is 0 Å². The molecule has 0 aliphatic heterocycles. The summed E-state index contributed by atoms with van der Waals surface area (Å²) in [6.07, 6.45) is 0. The van der Waals surface area contributed by atoms with Crippen LogP contribution in [0, 0.1) is 11.6 Å². The Bertz CT molecular complexity index is 606. The van der Waals surface area contributed by atoms with E-state index < -0.39 is 11.6 Å². The molecule has 2 aromatic rings. The molecule has 1 N–H and O–H groups in total. The first kappa shape index (κ1) is 13.5. The van der Waals surface area contributed by atoms with Crippen LogP contribution < -0.4 is 5.43 Å². The third kappa shape index (κ3) is 3.09. The van der Waals surface area contributed by atoms with E-state index in [9.17, 15) is 8.78 Å². The third-order valence-corrected chi connectivity index (χ3v) is 2.87. The van der Waals surface area contributed by atoms with Gasteiger partial charge in [-0.05, 0) is 31.2 Å². The van der Waals surface area contributed by atoms with Crippen LogP contribution >= 0.6 is 11.6 Å². The molecule has 0 fully saturated rings. The van der Waals surface area contributed by atoms with Crippen molar-refractivity contribution in [3.63, 3.8) is 0 Å². The van der Waals surface area contributed by atoms with Gasteiger partial charge in [-0.25, -0.2) is 8.78 Å². The van der Waals surface area contributed by atoms with E-state index >= 15 is 0 Å². The Morgan fingerprint density at radius 1 is 1.05 bits per heavy atom. The van der Waals surface area contributed by atoms with E-state index in [0.29, 0.717) is 10.7 Å². The number of para-hydroxylation sites is 1. The standard InChI is InChI=1S/C14H11ClF2N2/c1-9(14-11(16)6-4-7-12(14)17)18-19-13-8-3-2-5-10(13)15/h2-8,19H,1H3/b18-9-. The SMILES string of the molecule is C/C(=N/Nc1ccccc1Cl)c1c(F)cccc1F. The van der Waals surface area contributed by atoms with Crippen molar-refractivity contribution >= 4 is 23.0 Å². The average molecular weight is 281 g/mol. The Hall–Kier alpha value is -1.94. The van der Waals surface area contributed by atoms with Crippen molar-refractivity contribution in [3.8, 4) is 0 Å². The maximum atomic E-state index is 13.5. The molecule has 2 aromatic carbocycles. The van der Waals surface area contributed by atoms with Gasteiger partial charge in [-0.1, -0.05) is 29.8 Å². The summed E-state index contributed by atoms with van der Waals surface area (Å²) in [6.45, 7) is 1.52. The van der Waals surface area contributed by atoms with Crippen LogP contribution in [-0.2, 0) is 0 Å². The highest BCUT2D eigenvalue weighted by Gasteiger charge is 2.11. The second kappa shape index (κ2) is 5.80. The highest BCUT2D eigenvalue weighted by atomic mass is 35.5. The number of benzene rings is 2. The summed E-state index contributed by atoms with van der Waals surface area (Å²) < 4.78 is 27.1. The summed E-state index contributed by atoms with van der Waals surface area (Å²) in [7, 11) is 0. The first-order valence-electron chi connectivity index (χ1n) is 5.59. The van der Waals surface area contributed by atoms with Crippen molar-refractivity contribution in [1.82, 2.24) is 0 Å². The van der Waals surface area contributed by atoms with Crippen LogP contribution in [0.4, 0.5) is 14.5 Å². The summed E-state index contributed by atoms with van der Waals surface area (Å²) >= 11 is 5.94. The molecule has 5 heteroatoms. The Balaban J connectivity index is 2.27. The summed E-state index contributed by atoms with van der Waals surface area (Å²) in [5, 5.41) is 4.43. The molecular formula is C14H11ClF2N2. The fraction of sp³-hybridized carbons (Fsp3) is 0.0714. The molecule has 0 heterocycles. The van der Waals surface area contributed by atoms with E-state index in [1.807, 2.05) is 0 Å². The van der Waals surface area contributed by atoms with E-state index in [-0.39, 0.29) is 11.3 Å². The smallest absolute Gasteiger partial charge is 0.135 e. The molecule has 0 bridgehead atoms. The highest BCUT2D eigenvalue weighted by molar-refractivity contribution is 6.33. The van der Waals surface area contributed by atoms with Gasteiger partial charge in [-0.3, -0.25) is 5.43 Å². The number of halogens is 3.